The maximum absolute atomic E-state index is 13.0. The molecule has 0 spiro atoms. The predicted molar refractivity (Wildman–Crippen MR) is 124 cm³/mol. The number of nitrogens with zero attached hydrogens (tertiary/aromatic N) is 1. The summed E-state index contributed by atoms with van der Waals surface area (Å²) in [5.74, 6) is -0.0381. The first kappa shape index (κ1) is 22.0. The van der Waals surface area contributed by atoms with E-state index >= 15 is 0 Å². The summed E-state index contributed by atoms with van der Waals surface area (Å²) in [7, 11) is -3.73. The lowest BCUT2D eigenvalue weighted by Gasteiger charge is -2.34. The van der Waals surface area contributed by atoms with Gasteiger partial charge in [-0.3, -0.25) is 9.52 Å². The zero-order valence-corrected chi connectivity index (χ0v) is 18.4. The highest BCUT2D eigenvalue weighted by molar-refractivity contribution is 7.92. The summed E-state index contributed by atoms with van der Waals surface area (Å²) < 4.78 is 27.7. The minimum absolute atomic E-state index is 0.102. The van der Waals surface area contributed by atoms with Gasteiger partial charge in [-0.1, -0.05) is 54.6 Å². The quantitative estimate of drug-likeness (QED) is 0.593. The summed E-state index contributed by atoms with van der Waals surface area (Å²) in [6.07, 6.45) is 0.883. The molecule has 7 heteroatoms. The van der Waals surface area contributed by atoms with Crippen LogP contribution in [-0.4, -0.2) is 37.4 Å². The summed E-state index contributed by atoms with van der Waals surface area (Å²) in [4.78, 5) is 14.9. The first-order chi connectivity index (χ1) is 15.4. The predicted octanol–water partition coefficient (Wildman–Crippen LogP) is 4.07. The standard InChI is InChI=1S/C25H26N2O4S/c28-24(19-8-3-1-4-9-19)20-14-16-27(17-15-20)25(29)21-10-7-11-22(18-21)26-32(30,31)23-12-5-2-6-13-23/h1-13,18,20,24,26,28H,14-17H2/t24-/m1/s1. The Kier molecular flexibility index (Phi) is 6.58. The first-order valence-electron chi connectivity index (χ1n) is 10.6. The maximum atomic E-state index is 13.0. The van der Waals surface area contributed by atoms with Gasteiger partial charge in [0.1, 0.15) is 0 Å². The highest BCUT2D eigenvalue weighted by Crippen LogP contribution is 2.31. The number of aliphatic hydroxyl groups excluding tert-OH is 1. The Bertz CT molecular complexity index is 1160. The molecule has 1 fully saturated rings. The Morgan fingerprint density at radius 1 is 0.906 bits per heavy atom. The van der Waals surface area contributed by atoms with Gasteiger partial charge in [0.15, 0.2) is 0 Å². The summed E-state index contributed by atoms with van der Waals surface area (Å²) in [5.41, 5.74) is 1.67. The van der Waals surface area contributed by atoms with Crippen molar-refractivity contribution in [3.8, 4) is 0 Å². The van der Waals surface area contributed by atoms with E-state index in [1.165, 1.54) is 12.1 Å². The van der Waals surface area contributed by atoms with Gasteiger partial charge in [-0.2, -0.15) is 0 Å². The second-order valence-electron chi connectivity index (χ2n) is 7.98. The Labute approximate surface area is 188 Å². The minimum Gasteiger partial charge on any atom is -0.388 e. The molecule has 0 aromatic heterocycles. The number of anilines is 1. The highest BCUT2D eigenvalue weighted by atomic mass is 32.2. The maximum Gasteiger partial charge on any atom is 0.261 e. The molecule has 3 aromatic carbocycles. The van der Waals surface area contributed by atoms with Gasteiger partial charge in [0.25, 0.3) is 15.9 Å². The fraction of sp³-hybridized carbons (Fsp3) is 0.240. The molecule has 2 N–H and O–H groups in total. The van der Waals surface area contributed by atoms with Crippen molar-refractivity contribution in [1.29, 1.82) is 0 Å². The van der Waals surface area contributed by atoms with Crippen LogP contribution in [0.1, 0.15) is 34.9 Å². The molecule has 1 saturated heterocycles. The van der Waals surface area contributed by atoms with Crippen molar-refractivity contribution >= 4 is 21.6 Å². The SMILES string of the molecule is O=C(c1cccc(NS(=O)(=O)c2ccccc2)c1)N1CCC([C@H](O)c2ccccc2)CC1. The third kappa shape index (κ3) is 5.00. The second-order valence-corrected chi connectivity index (χ2v) is 9.67. The van der Waals surface area contributed by atoms with Gasteiger partial charge in [-0.15, -0.1) is 0 Å². The number of sulfonamides is 1. The average molecular weight is 451 g/mol. The van der Waals surface area contributed by atoms with Gasteiger partial charge in [-0.25, -0.2) is 8.42 Å². The van der Waals surface area contributed by atoms with E-state index in [2.05, 4.69) is 4.72 Å². The van der Waals surface area contributed by atoms with E-state index in [0.717, 1.165) is 5.56 Å². The molecule has 1 aliphatic heterocycles. The van der Waals surface area contributed by atoms with Gasteiger partial charge in [0.2, 0.25) is 0 Å². The lowest BCUT2D eigenvalue weighted by molar-refractivity contribution is 0.0462. The van der Waals surface area contributed by atoms with Gasteiger partial charge in [0, 0.05) is 24.3 Å². The lowest BCUT2D eigenvalue weighted by atomic mass is 9.87. The highest BCUT2D eigenvalue weighted by Gasteiger charge is 2.28. The van der Waals surface area contributed by atoms with E-state index in [4.69, 9.17) is 0 Å². The number of benzene rings is 3. The zero-order valence-electron chi connectivity index (χ0n) is 17.6. The molecule has 0 aliphatic carbocycles. The molecule has 6 nitrogen and oxygen atoms in total. The zero-order chi connectivity index (χ0) is 22.6. The molecule has 0 radical (unpaired) electrons. The van der Waals surface area contributed by atoms with Gasteiger partial charge in [-0.05, 0) is 54.7 Å². The summed E-state index contributed by atoms with van der Waals surface area (Å²) in [5, 5.41) is 10.7. The third-order valence-electron chi connectivity index (χ3n) is 5.83. The summed E-state index contributed by atoms with van der Waals surface area (Å²) >= 11 is 0. The first-order valence-corrected chi connectivity index (χ1v) is 12.1. The fourth-order valence-corrected chi connectivity index (χ4v) is 5.12. The van der Waals surface area contributed by atoms with Gasteiger partial charge in [0.05, 0.1) is 11.0 Å². The van der Waals surface area contributed by atoms with Crippen molar-refractivity contribution < 1.29 is 18.3 Å². The van der Waals surface area contributed by atoms with Crippen molar-refractivity contribution in [2.75, 3.05) is 17.8 Å². The van der Waals surface area contributed by atoms with Crippen molar-refractivity contribution in [3.05, 3.63) is 96.1 Å². The van der Waals surface area contributed by atoms with Crippen LogP contribution in [0.4, 0.5) is 5.69 Å². The molecular formula is C25H26N2O4S. The number of nitrogens with one attached hydrogen (secondary N) is 1. The molecule has 1 heterocycles. The van der Waals surface area contributed by atoms with Crippen molar-refractivity contribution in [2.24, 2.45) is 5.92 Å². The molecule has 0 saturated carbocycles. The monoisotopic (exact) mass is 450 g/mol. The lowest BCUT2D eigenvalue weighted by Crippen LogP contribution is -2.39. The number of likely N-dealkylation sites (tertiary alicyclic amines) is 1. The van der Waals surface area contributed by atoms with Crippen molar-refractivity contribution in [1.82, 2.24) is 4.90 Å². The molecule has 0 unspecified atom stereocenters. The van der Waals surface area contributed by atoms with Crippen LogP contribution in [0.3, 0.4) is 0 Å². The van der Waals surface area contributed by atoms with E-state index < -0.39 is 16.1 Å². The number of carbonyl (C=O) groups is 1. The molecular weight excluding hydrogens is 424 g/mol. The molecule has 4 rings (SSSR count). The minimum atomic E-state index is -3.73. The van der Waals surface area contributed by atoms with Crippen LogP contribution >= 0.6 is 0 Å². The Morgan fingerprint density at radius 3 is 2.19 bits per heavy atom. The van der Waals surface area contributed by atoms with E-state index in [1.54, 1.807) is 47.4 Å². The number of piperidine rings is 1. The molecule has 1 amide bonds. The van der Waals surface area contributed by atoms with Crippen LogP contribution < -0.4 is 4.72 Å². The summed E-state index contributed by atoms with van der Waals surface area (Å²) in [6.45, 7) is 1.10. The molecule has 166 valence electrons. The van der Waals surface area contributed by atoms with Crippen molar-refractivity contribution in [2.45, 2.75) is 23.8 Å². The average Bonchev–Trinajstić information content (AvgIpc) is 2.84. The van der Waals surface area contributed by atoms with E-state index in [1.807, 2.05) is 30.3 Å². The number of amides is 1. The molecule has 32 heavy (non-hydrogen) atoms. The van der Waals surface area contributed by atoms with Gasteiger partial charge < -0.3 is 10.0 Å². The van der Waals surface area contributed by atoms with Crippen LogP contribution in [0.2, 0.25) is 0 Å². The van der Waals surface area contributed by atoms with Crippen LogP contribution in [-0.2, 0) is 10.0 Å². The normalized spacial score (nSPS) is 15.8. The number of hydrogen-bond donors (Lipinski definition) is 2. The molecule has 1 atom stereocenters. The molecule has 1 aliphatic rings. The molecule has 3 aromatic rings. The number of hydrogen-bond acceptors (Lipinski definition) is 4. The van der Waals surface area contributed by atoms with Gasteiger partial charge >= 0.3 is 0 Å². The fourth-order valence-electron chi connectivity index (χ4n) is 4.05. The van der Waals surface area contributed by atoms with E-state index in [0.29, 0.717) is 37.2 Å². The van der Waals surface area contributed by atoms with Crippen molar-refractivity contribution in [3.63, 3.8) is 0 Å². The second kappa shape index (κ2) is 9.54. The van der Waals surface area contributed by atoms with Crippen LogP contribution in [0.25, 0.3) is 0 Å². The topological polar surface area (TPSA) is 86.7 Å². The largest absolute Gasteiger partial charge is 0.388 e. The third-order valence-corrected chi connectivity index (χ3v) is 7.23. The van der Waals surface area contributed by atoms with E-state index in [9.17, 15) is 18.3 Å². The van der Waals surface area contributed by atoms with Crippen LogP contribution in [0.15, 0.2) is 89.8 Å². The number of carbonyl (C=O) groups excluding carboxylic acids is 1. The van der Waals surface area contributed by atoms with Crippen LogP contribution in [0, 0.1) is 5.92 Å². The number of aliphatic hydroxyl groups is 1. The Balaban J connectivity index is 1.40. The van der Waals surface area contributed by atoms with Crippen LogP contribution in [0.5, 0.6) is 0 Å². The smallest absolute Gasteiger partial charge is 0.261 e. The van der Waals surface area contributed by atoms with E-state index in [-0.39, 0.29) is 16.7 Å². The number of rotatable bonds is 6. The Hall–Kier alpha value is -3.16. The summed E-state index contributed by atoms with van der Waals surface area (Å²) in [6, 6.07) is 24.2. The molecule has 0 bridgehead atoms. The Morgan fingerprint density at radius 2 is 1.53 bits per heavy atom.